The third-order valence-electron chi connectivity index (χ3n) is 2.54. The fraction of sp³-hybridized carbons (Fsp3) is 0.0769. The van der Waals surface area contributed by atoms with Gasteiger partial charge in [-0.2, -0.15) is 5.26 Å². The fourth-order valence-corrected chi connectivity index (χ4v) is 2.62. The van der Waals surface area contributed by atoms with E-state index in [1.807, 2.05) is 24.3 Å². The predicted molar refractivity (Wildman–Crippen MR) is 69.6 cm³/mol. The quantitative estimate of drug-likeness (QED) is 0.711. The average Bonchev–Trinajstić information content (AvgIpc) is 2.85. The molecule has 0 aliphatic heterocycles. The molecule has 19 heavy (non-hydrogen) atoms. The molecule has 1 aromatic carbocycles. The number of aromatic nitrogens is 3. The summed E-state index contributed by atoms with van der Waals surface area (Å²) in [4.78, 5) is 5.05. The molecule has 0 radical (unpaired) electrons. The van der Waals surface area contributed by atoms with Gasteiger partial charge in [0.05, 0.1) is 11.1 Å². The molecule has 0 aliphatic rings. The normalized spacial score (nSPS) is 10.5. The van der Waals surface area contributed by atoms with Crippen LogP contribution in [0.25, 0.3) is 10.9 Å². The Hall–Kier alpha value is -2.39. The molecule has 0 atom stereocenters. The summed E-state index contributed by atoms with van der Waals surface area (Å²) in [5, 5.41) is 18.2. The monoisotopic (exact) mass is 268 g/mol. The number of nitriles is 1. The Kier molecular flexibility index (Phi) is 2.89. The van der Waals surface area contributed by atoms with Crippen LogP contribution in [-0.2, 0) is 0 Å². The Morgan fingerprint density at radius 2 is 2.11 bits per heavy atom. The van der Waals surface area contributed by atoms with Crippen LogP contribution in [0, 0.1) is 18.3 Å². The van der Waals surface area contributed by atoms with Crippen molar-refractivity contribution in [1.29, 1.82) is 5.26 Å². The number of nitrogens with zero attached hydrogens (tertiary/aromatic N) is 4. The van der Waals surface area contributed by atoms with Gasteiger partial charge in [-0.25, -0.2) is 0 Å². The van der Waals surface area contributed by atoms with Crippen LogP contribution in [0.2, 0.25) is 0 Å². The molecule has 3 rings (SSSR count). The lowest BCUT2D eigenvalue weighted by atomic mass is 10.2. The van der Waals surface area contributed by atoms with Gasteiger partial charge in [-0.1, -0.05) is 18.2 Å². The molecule has 5 nitrogen and oxygen atoms in total. The number of rotatable bonds is 2. The summed E-state index contributed by atoms with van der Waals surface area (Å²) in [7, 11) is 0. The van der Waals surface area contributed by atoms with E-state index >= 15 is 0 Å². The maximum atomic E-state index is 9.19. The van der Waals surface area contributed by atoms with E-state index in [2.05, 4.69) is 21.3 Å². The molecule has 0 amide bonds. The minimum Gasteiger partial charge on any atom is -0.416 e. The van der Waals surface area contributed by atoms with Crippen molar-refractivity contribution in [3.05, 3.63) is 41.9 Å². The number of fused-ring (bicyclic) bond motifs is 1. The van der Waals surface area contributed by atoms with E-state index in [9.17, 15) is 5.26 Å². The van der Waals surface area contributed by atoms with Crippen molar-refractivity contribution >= 4 is 22.7 Å². The minimum atomic E-state index is 0.422. The highest BCUT2D eigenvalue weighted by atomic mass is 32.2. The van der Waals surface area contributed by atoms with Crippen LogP contribution in [0.5, 0.6) is 0 Å². The van der Waals surface area contributed by atoms with Crippen LogP contribution >= 0.6 is 11.8 Å². The largest absolute Gasteiger partial charge is 0.416 e. The van der Waals surface area contributed by atoms with Gasteiger partial charge in [-0.15, -0.1) is 10.2 Å². The highest BCUT2D eigenvalue weighted by Gasteiger charge is 2.13. The molecule has 3 aromatic rings. The van der Waals surface area contributed by atoms with Gasteiger partial charge in [0.15, 0.2) is 0 Å². The van der Waals surface area contributed by atoms with Gasteiger partial charge in [-0.05, 0) is 17.8 Å². The third-order valence-corrected chi connectivity index (χ3v) is 3.53. The molecular weight excluding hydrogens is 260 g/mol. The average molecular weight is 268 g/mol. The van der Waals surface area contributed by atoms with Crippen LogP contribution < -0.4 is 0 Å². The van der Waals surface area contributed by atoms with Crippen molar-refractivity contribution in [2.45, 2.75) is 17.0 Å². The van der Waals surface area contributed by atoms with Crippen LogP contribution in [-0.4, -0.2) is 15.2 Å². The van der Waals surface area contributed by atoms with Gasteiger partial charge in [-0.3, -0.25) is 4.98 Å². The first-order valence-corrected chi connectivity index (χ1v) is 6.35. The summed E-state index contributed by atoms with van der Waals surface area (Å²) in [5.41, 5.74) is 1.33. The molecule has 0 saturated carbocycles. The Morgan fingerprint density at radius 1 is 1.26 bits per heavy atom. The molecule has 2 heterocycles. The molecule has 0 fully saturated rings. The molecule has 2 aromatic heterocycles. The van der Waals surface area contributed by atoms with Gasteiger partial charge in [0, 0.05) is 23.4 Å². The first-order chi connectivity index (χ1) is 9.28. The number of benzene rings is 1. The maximum Gasteiger partial charge on any atom is 0.281 e. The van der Waals surface area contributed by atoms with E-state index in [1.165, 1.54) is 11.8 Å². The zero-order valence-corrected chi connectivity index (χ0v) is 10.8. The van der Waals surface area contributed by atoms with E-state index in [1.54, 1.807) is 13.1 Å². The Labute approximate surface area is 113 Å². The lowest BCUT2D eigenvalue weighted by Gasteiger charge is -2.04. The standard InChI is InChI=1S/C13H8N4OS/c1-8-16-17-13(18-8)19-12-9(6-14)7-15-11-5-3-2-4-10(11)12/h2-5,7H,1H3. The second-order valence-electron chi connectivity index (χ2n) is 3.82. The van der Waals surface area contributed by atoms with Crippen LogP contribution in [0.1, 0.15) is 11.5 Å². The molecule has 0 spiro atoms. The summed E-state index contributed by atoms with van der Waals surface area (Å²) < 4.78 is 5.35. The lowest BCUT2D eigenvalue weighted by Crippen LogP contribution is -1.88. The summed E-state index contributed by atoms with van der Waals surface area (Å²) >= 11 is 1.29. The zero-order valence-electron chi connectivity index (χ0n) is 9.99. The summed E-state index contributed by atoms with van der Waals surface area (Å²) in [6.45, 7) is 1.73. The topological polar surface area (TPSA) is 75.6 Å². The molecule has 0 aliphatic carbocycles. The highest BCUT2D eigenvalue weighted by Crippen LogP contribution is 2.34. The fourth-order valence-electron chi connectivity index (χ4n) is 1.71. The van der Waals surface area contributed by atoms with Crippen molar-refractivity contribution < 1.29 is 4.42 Å². The second kappa shape index (κ2) is 4.71. The van der Waals surface area contributed by atoms with Crippen LogP contribution in [0.4, 0.5) is 0 Å². The lowest BCUT2D eigenvalue weighted by molar-refractivity contribution is 0.429. The molecule has 0 bridgehead atoms. The molecule has 6 heteroatoms. The molecule has 92 valence electrons. The number of hydrogen-bond donors (Lipinski definition) is 0. The summed E-state index contributed by atoms with van der Waals surface area (Å²) in [5.74, 6) is 0.499. The van der Waals surface area contributed by atoms with E-state index in [-0.39, 0.29) is 0 Å². The first kappa shape index (κ1) is 11.7. The van der Waals surface area contributed by atoms with Crippen molar-refractivity contribution in [3.63, 3.8) is 0 Å². The smallest absolute Gasteiger partial charge is 0.281 e. The number of para-hydroxylation sites is 1. The van der Waals surface area contributed by atoms with E-state index in [0.29, 0.717) is 16.7 Å². The Morgan fingerprint density at radius 3 is 2.84 bits per heavy atom. The van der Waals surface area contributed by atoms with E-state index in [4.69, 9.17) is 4.42 Å². The number of aryl methyl sites for hydroxylation is 1. The Balaban J connectivity index is 2.17. The van der Waals surface area contributed by atoms with Gasteiger partial charge in [0.1, 0.15) is 6.07 Å². The van der Waals surface area contributed by atoms with Gasteiger partial charge < -0.3 is 4.42 Å². The van der Waals surface area contributed by atoms with E-state index < -0.39 is 0 Å². The van der Waals surface area contributed by atoms with Crippen molar-refractivity contribution in [3.8, 4) is 6.07 Å². The Bertz CT molecular complexity index is 791. The van der Waals surface area contributed by atoms with Gasteiger partial charge >= 0.3 is 0 Å². The zero-order chi connectivity index (χ0) is 13.2. The minimum absolute atomic E-state index is 0.422. The second-order valence-corrected chi connectivity index (χ2v) is 4.78. The predicted octanol–water partition coefficient (Wildman–Crippen LogP) is 2.95. The van der Waals surface area contributed by atoms with Gasteiger partial charge in [0.25, 0.3) is 5.22 Å². The molecule has 0 saturated heterocycles. The number of pyridine rings is 1. The van der Waals surface area contributed by atoms with Crippen molar-refractivity contribution in [2.24, 2.45) is 0 Å². The highest BCUT2D eigenvalue weighted by molar-refractivity contribution is 7.99. The third kappa shape index (κ3) is 2.16. The first-order valence-electron chi connectivity index (χ1n) is 5.54. The molecule has 0 unspecified atom stereocenters. The SMILES string of the molecule is Cc1nnc(Sc2c(C#N)cnc3ccccc23)o1. The maximum absolute atomic E-state index is 9.19. The van der Waals surface area contributed by atoms with E-state index in [0.717, 1.165) is 15.8 Å². The van der Waals surface area contributed by atoms with Crippen LogP contribution in [0.3, 0.4) is 0 Å². The molecular formula is C13H8N4OS. The van der Waals surface area contributed by atoms with Crippen molar-refractivity contribution in [1.82, 2.24) is 15.2 Å². The van der Waals surface area contributed by atoms with Crippen LogP contribution in [0.15, 0.2) is 45.0 Å². The summed E-state index contributed by atoms with van der Waals surface area (Å²) in [6.07, 6.45) is 1.56. The summed E-state index contributed by atoms with van der Waals surface area (Å²) in [6, 6.07) is 9.79. The van der Waals surface area contributed by atoms with Crippen molar-refractivity contribution in [2.75, 3.05) is 0 Å². The van der Waals surface area contributed by atoms with Gasteiger partial charge in [0.2, 0.25) is 5.89 Å². The molecule has 0 N–H and O–H groups in total. The number of hydrogen-bond acceptors (Lipinski definition) is 6.